The fraction of sp³-hybridized carbons (Fsp3) is 1.00. The highest BCUT2D eigenvalue weighted by molar-refractivity contribution is 5.15. The molecule has 4 saturated carbocycles. The molecule has 176 valence electrons. The number of fused-ring (bicyclic) bond motifs is 7. The Labute approximate surface area is 188 Å². The molecule has 31 heavy (non-hydrogen) atoms. The predicted molar refractivity (Wildman–Crippen MR) is 119 cm³/mol. The van der Waals surface area contributed by atoms with Crippen LogP contribution in [0.1, 0.15) is 85.5 Å². The Morgan fingerprint density at radius 3 is 2.42 bits per heavy atom. The summed E-state index contributed by atoms with van der Waals surface area (Å²) >= 11 is 0. The lowest BCUT2D eigenvalue weighted by molar-refractivity contribution is -0.290. The third kappa shape index (κ3) is 2.80. The van der Waals surface area contributed by atoms with Gasteiger partial charge in [0.25, 0.3) is 0 Å². The zero-order valence-electron chi connectivity index (χ0n) is 20.1. The highest BCUT2D eigenvalue weighted by Crippen LogP contribution is 2.71. The van der Waals surface area contributed by atoms with E-state index < -0.39 is 5.79 Å². The SMILES string of the molecule is CC1CO[C@]2(CC1O)O[C@H]1C[C@H]3[C@@H]4CCC5CC(O)CC[C@]5(C)[C@H]4CC[C@]3(C)[C@H]1[C@@H]2C. The summed E-state index contributed by atoms with van der Waals surface area (Å²) in [6, 6.07) is 0. The molecule has 2 N–H and O–H groups in total. The van der Waals surface area contributed by atoms with Crippen molar-refractivity contribution in [3.63, 3.8) is 0 Å². The van der Waals surface area contributed by atoms with E-state index in [-0.39, 0.29) is 18.1 Å². The van der Waals surface area contributed by atoms with Crippen LogP contribution in [-0.4, -0.2) is 40.9 Å². The first-order valence-electron chi connectivity index (χ1n) is 13.4. The van der Waals surface area contributed by atoms with E-state index in [4.69, 9.17) is 9.47 Å². The van der Waals surface area contributed by atoms with Crippen molar-refractivity contribution < 1.29 is 19.7 Å². The van der Waals surface area contributed by atoms with Crippen LogP contribution in [0.25, 0.3) is 0 Å². The van der Waals surface area contributed by atoms with Crippen molar-refractivity contribution in [1.82, 2.24) is 0 Å². The van der Waals surface area contributed by atoms with Crippen molar-refractivity contribution in [2.75, 3.05) is 6.61 Å². The molecule has 6 aliphatic rings. The lowest BCUT2D eigenvalue weighted by Gasteiger charge is -2.61. The van der Waals surface area contributed by atoms with Gasteiger partial charge < -0.3 is 19.7 Å². The maximum Gasteiger partial charge on any atom is 0.174 e. The number of ether oxygens (including phenoxy) is 2. The van der Waals surface area contributed by atoms with Crippen LogP contribution in [0.5, 0.6) is 0 Å². The van der Waals surface area contributed by atoms with E-state index in [2.05, 4.69) is 27.7 Å². The number of aliphatic hydroxyl groups excluding tert-OH is 2. The van der Waals surface area contributed by atoms with Gasteiger partial charge in [0.15, 0.2) is 5.79 Å². The molecule has 4 aliphatic carbocycles. The Morgan fingerprint density at radius 1 is 0.871 bits per heavy atom. The first-order valence-corrected chi connectivity index (χ1v) is 13.4. The predicted octanol–water partition coefficient (Wildman–Crippen LogP) is 4.76. The average Bonchev–Trinajstić information content (AvgIpc) is 3.16. The van der Waals surface area contributed by atoms with Gasteiger partial charge >= 0.3 is 0 Å². The van der Waals surface area contributed by atoms with Crippen LogP contribution in [-0.2, 0) is 9.47 Å². The molecular weight excluding hydrogens is 388 g/mol. The molecule has 2 heterocycles. The topological polar surface area (TPSA) is 58.9 Å². The quantitative estimate of drug-likeness (QED) is 0.579. The summed E-state index contributed by atoms with van der Waals surface area (Å²) in [5.41, 5.74) is 0.769. The van der Waals surface area contributed by atoms with Crippen LogP contribution in [0.3, 0.4) is 0 Å². The Balaban J connectivity index is 1.26. The number of hydrogen-bond acceptors (Lipinski definition) is 4. The third-order valence-electron chi connectivity index (χ3n) is 12.0. The summed E-state index contributed by atoms with van der Waals surface area (Å²) < 4.78 is 13.2. The Bertz CT molecular complexity index is 726. The van der Waals surface area contributed by atoms with Crippen molar-refractivity contribution >= 4 is 0 Å². The van der Waals surface area contributed by atoms with Gasteiger partial charge in [0.05, 0.1) is 24.9 Å². The summed E-state index contributed by atoms with van der Waals surface area (Å²) in [6.45, 7) is 10.2. The molecular formula is C27H44O4. The van der Waals surface area contributed by atoms with Crippen molar-refractivity contribution in [3.8, 4) is 0 Å². The standard InChI is InChI=1S/C27H44O4/c1-15-14-30-27(13-22(15)29)16(2)24-23(31-27)12-21-19-6-5-17-11-18(28)7-9-25(17,3)20(19)8-10-26(21,24)4/h15-24,28-29H,5-14H2,1-4H3/t15?,16-,17?,18?,19+,20-,21-,22?,23-,24-,25-,26-,27+/m0/s1. The number of aliphatic hydroxyl groups is 2. The highest BCUT2D eigenvalue weighted by Gasteiger charge is 2.69. The molecule has 0 aromatic carbocycles. The summed E-state index contributed by atoms with van der Waals surface area (Å²) in [4.78, 5) is 0. The minimum absolute atomic E-state index is 0.0617. The molecule has 6 rings (SSSR count). The first-order chi connectivity index (χ1) is 14.7. The second-order valence-corrected chi connectivity index (χ2v) is 13.2. The average molecular weight is 433 g/mol. The highest BCUT2D eigenvalue weighted by atomic mass is 16.7. The maximum absolute atomic E-state index is 10.6. The lowest BCUT2D eigenvalue weighted by Crippen LogP contribution is -2.55. The molecule has 0 aromatic heterocycles. The van der Waals surface area contributed by atoms with Crippen molar-refractivity contribution in [1.29, 1.82) is 0 Å². The maximum atomic E-state index is 10.6. The van der Waals surface area contributed by atoms with E-state index in [1.807, 2.05) is 0 Å². The van der Waals surface area contributed by atoms with E-state index >= 15 is 0 Å². The molecule has 0 amide bonds. The van der Waals surface area contributed by atoms with Gasteiger partial charge in [-0.2, -0.15) is 0 Å². The summed E-state index contributed by atoms with van der Waals surface area (Å²) in [5, 5.41) is 20.9. The van der Waals surface area contributed by atoms with Gasteiger partial charge in [0, 0.05) is 18.3 Å². The van der Waals surface area contributed by atoms with Gasteiger partial charge in [-0.05, 0) is 91.8 Å². The zero-order chi connectivity index (χ0) is 21.8. The number of hydrogen-bond donors (Lipinski definition) is 2. The molecule has 4 unspecified atom stereocenters. The van der Waals surface area contributed by atoms with Crippen molar-refractivity contribution in [3.05, 3.63) is 0 Å². The minimum Gasteiger partial charge on any atom is -0.393 e. The normalized spacial score (nSPS) is 63.3. The van der Waals surface area contributed by atoms with Gasteiger partial charge in [-0.15, -0.1) is 0 Å². The van der Waals surface area contributed by atoms with Gasteiger partial charge in [0.1, 0.15) is 0 Å². The molecule has 2 aliphatic heterocycles. The van der Waals surface area contributed by atoms with Gasteiger partial charge in [-0.3, -0.25) is 0 Å². The molecule has 13 atom stereocenters. The summed E-state index contributed by atoms with van der Waals surface area (Å²) in [6.07, 6.45) is 10.3. The largest absolute Gasteiger partial charge is 0.393 e. The minimum atomic E-state index is -0.560. The Hall–Kier alpha value is -0.160. The number of rotatable bonds is 0. The van der Waals surface area contributed by atoms with Crippen molar-refractivity contribution in [2.24, 2.45) is 52.3 Å². The third-order valence-corrected chi connectivity index (χ3v) is 12.0. The van der Waals surface area contributed by atoms with Crippen LogP contribution >= 0.6 is 0 Å². The fourth-order valence-electron chi connectivity index (χ4n) is 10.2. The van der Waals surface area contributed by atoms with Gasteiger partial charge in [-0.1, -0.05) is 27.7 Å². The van der Waals surface area contributed by atoms with E-state index in [0.717, 1.165) is 36.5 Å². The Kier molecular flexibility index (Phi) is 4.78. The second kappa shape index (κ2) is 6.93. The molecule has 2 saturated heterocycles. The molecule has 4 heteroatoms. The van der Waals surface area contributed by atoms with Crippen LogP contribution < -0.4 is 0 Å². The second-order valence-electron chi connectivity index (χ2n) is 13.2. The van der Waals surface area contributed by atoms with E-state index in [0.29, 0.717) is 41.8 Å². The van der Waals surface area contributed by atoms with Crippen LogP contribution in [0.15, 0.2) is 0 Å². The zero-order valence-corrected chi connectivity index (χ0v) is 20.1. The Morgan fingerprint density at radius 2 is 1.65 bits per heavy atom. The summed E-state index contributed by atoms with van der Waals surface area (Å²) in [5.74, 6) is 3.68. The van der Waals surface area contributed by atoms with E-state index in [1.165, 1.54) is 38.5 Å². The summed E-state index contributed by atoms with van der Waals surface area (Å²) in [7, 11) is 0. The molecule has 0 bridgehead atoms. The van der Waals surface area contributed by atoms with Crippen LogP contribution in [0, 0.1) is 52.3 Å². The van der Waals surface area contributed by atoms with Crippen molar-refractivity contribution in [2.45, 2.75) is 110 Å². The van der Waals surface area contributed by atoms with E-state index in [9.17, 15) is 10.2 Å². The molecule has 6 fully saturated rings. The molecule has 0 radical (unpaired) electrons. The van der Waals surface area contributed by atoms with Crippen LogP contribution in [0.2, 0.25) is 0 Å². The fourth-order valence-corrected chi connectivity index (χ4v) is 10.2. The molecule has 0 aromatic rings. The monoisotopic (exact) mass is 432 g/mol. The lowest BCUT2D eigenvalue weighted by atomic mass is 9.44. The van der Waals surface area contributed by atoms with Gasteiger partial charge in [0.2, 0.25) is 0 Å². The van der Waals surface area contributed by atoms with Gasteiger partial charge in [-0.25, -0.2) is 0 Å². The smallest absolute Gasteiger partial charge is 0.174 e. The van der Waals surface area contributed by atoms with Crippen LogP contribution in [0.4, 0.5) is 0 Å². The first kappa shape index (κ1) is 21.4. The van der Waals surface area contributed by atoms with E-state index in [1.54, 1.807) is 0 Å². The molecule has 4 nitrogen and oxygen atoms in total. The molecule has 1 spiro atoms.